The van der Waals surface area contributed by atoms with Gasteiger partial charge in [-0.25, -0.2) is 4.39 Å². The van der Waals surface area contributed by atoms with E-state index >= 15 is 0 Å². The number of hydrogen-bond acceptors (Lipinski definition) is 2. The summed E-state index contributed by atoms with van der Waals surface area (Å²) in [6.45, 7) is 6.60. The van der Waals surface area contributed by atoms with Crippen LogP contribution in [0.4, 0.5) is 10.1 Å². The van der Waals surface area contributed by atoms with Gasteiger partial charge in [-0.1, -0.05) is 19.9 Å². The molecule has 0 aromatic heterocycles. The number of hydrogen-bond donors (Lipinski definition) is 1. The molecule has 0 saturated carbocycles. The van der Waals surface area contributed by atoms with Gasteiger partial charge in [-0.3, -0.25) is 0 Å². The summed E-state index contributed by atoms with van der Waals surface area (Å²) in [6, 6.07) is 5.37. The first-order chi connectivity index (χ1) is 7.99. The Kier molecular flexibility index (Phi) is 3.67. The van der Waals surface area contributed by atoms with Crippen LogP contribution in [0.25, 0.3) is 0 Å². The SMILES string of the molecule is Cc1ccc(F)cc1NC1CSCCC1(C)C. The molecule has 1 atom stereocenters. The zero-order valence-electron chi connectivity index (χ0n) is 10.7. The van der Waals surface area contributed by atoms with Crippen molar-refractivity contribution in [2.24, 2.45) is 5.41 Å². The number of anilines is 1. The van der Waals surface area contributed by atoms with Crippen LogP contribution in [0, 0.1) is 18.2 Å². The van der Waals surface area contributed by atoms with Crippen LogP contribution in [0.15, 0.2) is 18.2 Å². The largest absolute Gasteiger partial charge is 0.381 e. The number of thioether (sulfide) groups is 1. The lowest BCUT2D eigenvalue weighted by atomic mass is 9.82. The Hall–Kier alpha value is -0.700. The van der Waals surface area contributed by atoms with E-state index in [1.807, 2.05) is 24.8 Å². The number of rotatable bonds is 2. The predicted molar refractivity (Wildman–Crippen MR) is 74.3 cm³/mol. The second-order valence-corrected chi connectivity index (χ2v) is 6.62. The predicted octanol–water partition coefficient (Wildman–Crippen LogP) is 4.08. The van der Waals surface area contributed by atoms with E-state index in [4.69, 9.17) is 0 Å². The highest BCUT2D eigenvalue weighted by molar-refractivity contribution is 7.99. The highest BCUT2D eigenvalue weighted by Crippen LogP contribution is 2.36. The van der Waals surface area contributed by atoms with E-state index in [0.717, 1.165) is 17.0 Å². The summed E-state index contributed by atoms with van der Waals surface area (Å²) in [4.78, 5) is 0. The van der Waals surface area contributed by atoms with Crippen molar-refractivity contribution < 1.29 is 4.39 Å². The van der Waals surface area contributed by atoms with Crippen molar-refractivity contribution in [3.63, 3.8) is 0 Å². The third kappa shape index (κ3) is 2.95. The van der Waals surface area contributed by atoms with Gasteiger partial charge < -0.3 is 5.32 Å². The minimum absolute atomic E-state index is 0.167. The lowest BCUT2D eigenvalue weighted by Crippen LogP contribution is -2.41. The lowest BCUT2D eigenvalue weighted by Gasteiger charge is -2.39. The second-order valence-electron chi connectivity index (χ2n) is 5.47. The molecule has 94 valence electrons. The van der Waals surface area contributed by atoms with Gasteiger partial charge in [0.2, 0.25) is 0 Å². The van der Waals surface area contributed by atoms with E-state index in [2.05, 4.69) is 19.2 Å². The fraction of sp³-hybridized carbons (Fsp3) is 0.571. The molecular weight excluding hydrogens is 233 g/mol. The van der Waals surface area contributed by atoms with Crippen LogP contribution < -0.4 is 5.32 Å². The molecule has 1 aromatic carbocycles. The van der Waals surface area contributed by atoms with Crippen molar-refractivity contribution in [1.29, 1.82) is 0 Å². The molecule has 1 aromatic rings. The Balaban J connectivity index is 2.16. The van der Waals surface area contributed by atoms with Crippen molar-refractivity contribution in [3.8, 4) is 0 Å². The average Bonchev–Trinajstić information content (AvgIpc) is 2.26. The molecule has 1 aliphatic heterocycles. The van der Waals surface area contributed by atoms with Crippen molar-refractivity contribution in [1.82, 2.24) is 0 Å². The summed E-state index contributed by atoms with van der Waals surface area (Å²) >= 11 is 1.98. The highest BCUT2D eigenvalue weighted by atomic mass is 32.2. The number of nitrogens with one attached hydrogen (secondary N) is 1. The first kappa shape index (κ1) is 12.7. The molecule has 1 aliphatic rings. The molecule has 1 nitrogen and oxygen atoms in total. The van der Waals surface area contributed by atoms with Crippen LogP contribution in [0.2, 0.25) is 0 Å². The van der Waals surface area contributed by atoms with Crippen LogP contribution in [0.3, 0.4) is 0 Å². The average molecular weight is 253 g/mol. The normalized spacial score (nSPS) is 23.4. The molecule has 0 spiro atoms. The zero-order chi connectivity index (χ0) is 12.5. The Morgan fingerprint density at radius 1 is 1.41 bits per heavy atom. The zero-order valence-corrected chi connectivity index (χ0v) is 11.5. The molecule has 1 saturated heterocycles. The monoisotopic (exact) mass is 253 g/mol. The summed E-state index contributed by atoms with van der Waals surface area (Å²) in [7, 11) is 0. The molecule has 1 N–H and O–H groups in total. The fourth-order valence-electron chi connectivity index (χ4n) is 2.11. The Morgan fingerprint density at radius 2 is 2.18 bits per heavy atom. The van der Waals surface area contributed by atoms with Crippen LogP contribution in [-0.2, 0) is 0 Å². The smallest absolute Gasteiger partial charge is 0.125 e. The molecule has 0 bridgehead atoms. The maximum atomic E-state index is 13.2. The van der Waals surface area contributed by atoms with Gasteiger partial charge in [-0.05, 0) is 42.2 Å². The third-order valence-corrected chi connectivity index (χ3v) is 4.71. The first-order valence-electron chi connectivity index (χ1n) is 6.09. The van der Waals surface area contributed by atoms with E-state index in [9.17, 15) is 4.39 Å². The molecule has 0 aliphatic carbocycles. The van der Waals surface area contributed by atoms with Gasteiger partial charge in [-0.15, -0.1) is 0 Å². The minimum Gasteiger partial charge on any atom is -0.381 e. The Bertz CT molecular complexity index is 403. The van der Waals surface area contributed by atoms with Gasteiger partial charge in [0.15, 0.2) is 0 Å². The van der Waals surface area contributed by atoms with E-state index in [-0.39, 0.29) is 11.2 Å². The van der Waals surface area contributed by atoms with Crippen LogP contribution >= 0.6 is 11.8 Å². The van der Waals surface area contributed by atoms with Gasteiger partial charge >= 0.3 is 0 Å². The van der Waals surface area contributed by atoms with Gasteiger partial charge in [0, 0.05) is 17.5 Å². The molecule has 17 heavy (non-hydrogen) atoms. The van der Waals surface area contributed by atoms with E-state index < -0.39 is 0 Å². The van der Waals surface area contributed by atoms with Crippen molar-refractivity contribution >= 4 is 17.4 Å². The van der Waals surface area contributed by atoms with Gasteiger partial charge in [-0.2, -0.15) is 11.8 Å². The standard InChI is InChI=1S/C14H20FNS/c1-10-4-5-11(15)8-12(10)16-13-9-17-7-6-14(13,2)3/h4-5,8,13,16H,6-7,9H2,1-3H3. The molecule has 0 amide bonds. The summed E-state index contributed by atoms with van der Waals surface area (Å²) in [5.74, 6) is 2.16. The van der Waals surface area contributed by atoms with Crippen LogP contribution in [0.5, 0.6) is 0 Å². The number of aryl methyl sites for hydroxylation is 1. The quantitative estimate of drug-likeness (QED) is 0.852. The van der Waals surface area contributed by atoms with E-state index in [1.165, 1.54) is 18.2 Å². The van der Waals surface area contributed by atoms with E-state index in [1.54, 1.807) is 6.07 Å². The van der Waals surface area contributed by atoms with Crippen molar-refractivity contribution in [3.05, 3.63) is 29.6 Å². The fourth-order valence-corrected chi connectivity index (χ4v) is 3.72. The summed E-state index contributed by atoms with van der Waals surface area (Å²) in [5, 5.41) is 3.52. The maximum Gasteiger partial charge on any atom is 0.125 e. The molecule has 0 radical (unpaired) electrons. The Labute approximate surface area is 107 Å². The molecule has 1 fully saturated rings. The Morgan fingerprint density at radius 3 is 2.88 bits per heavy atom. The second kappa shape index (κ2) is 4.89. The van der Waals surface area contributed by atoms with E-state index in [0.29, 0.717) is 6.04 Å². The van der Waals surface area contributed by atoms with Crippen LogP contribution in [-0.4, -0.2) is 17.5 Å². The minimum atomic E-state index is -0.167. The van der Waals surface area contributed by atoms with Gasteiger partial charge in [0.25, 0.3) is 0 Å². The maximum absolute atomic E-state index is 13.2. The topological polar surface area (TPSA) is 12.0 Å². The van der Waals surface area contributed by atoms with Gasteiger partial charge in [0.05, 0.1) is 0 Å². The molecule has 1 heterocycles. The molecule has 3 heteroatoms. The highest BCUT2D eigenvalue weighted by Gasteiger charge is 2.32. The molecule has 1 unspecified atom stereocenters. The summed E-state index contributed by atoms with van der Waals surface area (Å²) < 4.78 is 13.2. The van der Waals surface area contributed by atoms with Gasteiger partial charge in [0.1, 0.15) is 5.82 Å². The van der Waals surface area contributed by atoms with Crippen molar-refractivity contribution in [2.45, 2.75) is 33.2 Å². The molecule has 2 rings (SSSR count). The third-order valence-electron chi connectivity index (χ3n) is 3.65. The lowest BCUT2D eigenvalue weighted by molar-refractivity contribution is 0.305. The number of halogens is 1. The summed E-state index contributed by atoms with van der Waals surface area (Å²) in [6.07, 6.45) is 1.21. The van der Waals surface area contributed by atoms with Crippen molar-refractivity contribution in [2.75, 3.05) is 16.8 Å². The number of benzene rings is 1. The molecular formula is C14H20FNS. The first-order valence-corrected chi connectivity index (χ1v) is 7.25. The summed E-state index contributed by atoms with van der Waals surface area (Å²) in [5.41, 5.74) is 2.33. The van der Waals surface area contributed by atoms with Crippen LogP contribution in [0.1, 0.15) is 25.8 Å².